The Bertz CT molecular complexity index is 552. The van der Waals surface area contributed by atoms with Gasteiger partial charge in [0.15, 0.2) is 5.82 Å². The van der Waals surface area contributed by atoms with Gasteiger partial charge < -0.3 is 5.32 Å². The fourth-order valence-corrected chi connectivity index (χ4v) is 1.53. The quantitative estimate of drug-likeness (QED) is 0.917. The van der Waals surface area contributed by atoms with Gasteiger partial charge in [0.2, 0.25) is 0 Å². The van der Waals surface area contributed by atoms with Crippen molar-refractivity contribution in [2.24, 2.45) is 0 Å². The zero-order valence-electron chi connectivity index (χ0n) is 10.6. The molecule has 0 aliphatic carbocycles. The van der Waals surface area contributed by atoms with Crippen molar-refractivity contribution < 1.29 is 9.18 Å². The second kappa shape index (κ2) is 6.04. The van der Waals surface area contributed by atoms with Crippen LogP contribution in [-0.4, -0.2) is 22.4 Å². The van der Waals surface area contributed by atoms with Gasteiger partial charge in [-0.15, -0.1) is 0 Å². The molecule has 0 atom stereocenters. The maximum Gasteiger partial charge on any atom is 0.254 e. The smallest absolute Gasteiger partial charge is 0.254 e. The zero-order chi connectivity index (χ0) is 13.7. The third-order valence-corrected chi connectivity index (χ3v) is 2.55. The molecule has 0 radical (unpaired) electrons. The van der Waals surface area contributed by atoms with E-state index in [1.807, 2.05) is 6.92 Å². The molecule has 98 valence electrons. The second-order valence-electron chi connectivity index (χ2n) is 4.06. The molecule has 0 saturated heterocycles. The minimum absolute atomic E-state index is 0.187. The normalized spacial score (nSPS) is 10.2. The van der Waals surface area contributed by atoms with Crippen molar-refractivity contribution in [1.29, 1.82) is 0 Å². The molecular formula is C14H14FN3O. The van der Waals surface area contributed by atoms with E-state index in [9.17, 15) is 9.18 Å². The van der Waals surface area contributed by atoms with Gasteiger partial charge in [-0.3, -0.25) is 4.79 Å². The van der Waals surface area contributed by atoms with E-state index in [1.165, 1.54) is 24.5 Å². The number of carbonyl (C=O) groups is 1. The van der Waals surface area contributed by atoms with Crippen LogP contribution >= 0.6 is 0 Å². The summed E-state index contributed by atoms with van der Waals surface area (Å²) in [5.74, 6) is -0.0288. The van der Waals surface area contributed by atoms with E-state index in [4.69, 9.17) is 0 Å². The average Bonchev–Trinajstić information content (AvgIpc) is 2.46. The Morgan fingerprint density at radius 1 is 1.21 bits per heavy atom. The van der Waals surface area contributed by atoms with Crippen LogP contribution in [0, 0.1) is 5.82 Å². The highest BCUT2D eigenvalue weighted by Crippen LogP contribution is 2.14. The highest BCUT2D eigenvalue weighted by atomic mass is 19.1. The zero-order valence-corrected chi connectivity index (χ0v) is 10.6. The third-order valence-electron chi connectivity index (χ3n) is 2.55. The molecule has 2 rings (SSSR count). The largest absolute Gasteiger partial charge is 0.352 e. The first-order valence-corrected chi connectivity index (χ1v) is 6.07. The topological polar surface area (TPSA) is 54.9 Å². The number of nitrogens with zero attached hydrogens (tertiary/aromatic N) is 2. The minimum Gasteiger partial charge on any atom is -0.352 e. The Morgan fingerprint density at radius 3 is 2.42 bits per heavy atom. The van der Waals surface area contributed by atoms with Gasteiger partial charge in [0.1, 0.15) is 5.82 Å². The highest BCUT2D eigenvalue weighted by Gasteiger charge is 2.07. The van der Waals surface area contributed by atoms with Gasteiger partial charge in [0, 0.05) is 24.5 Å². The number of amides is 1. The van der Waals surface area contributed by atoms with Crippen LogP contribution in [0.2, 0.25) is 0 Å². The van der Waals surface area contributed by atoms with E-state index >= 15 is 0 Å². The molecule has 19 heavy (non-hydrogen) atoms. The molecule has 0 fully saturated rings. The number of benzene rings is 1. The van der Waals surface area contributed by atoms with Crippen LogP contribution < -0.4 is 5.32 Å². The van der Waals surface area contributed by atoms with Crippen LogP contribution in [0.15, 0.2) is 36.7 Å². The summed E-state index contributed by atoms with van der Waals surface area (Å²) in [5.41, 5.74) is 1.13. The van der Waals surface area contributed by atoms with Crippen LogP contribution in [0.5, 0.6) is 0 Å². The molecule has 1 aromatic heterocycles. The maximum absolute atomic E-state index is 12.8. The van der Waals surface area contributed by atoms with Gasteiger partial charge in [0.05, 0.1) is 5.56 Å². The predicted octanol–water partition coefficient (Wildman–Crippen LogP) is 2.42. The van der Waals surface area contributed by atoms with E-state index in [2.05, 4.69) is 15.3 Å². The summed E-state index contributed by atoms with van der Waals surface area (Å²) in [5, 5.41) is 2.75. The lowest BCUT2D eigenvalue weighted by atomic mass is 10.2. The standard InChI is InChI=1S/C14H14FN3O/c1-2-7-16-14(19)11-8-17-13(18-9-11)10-3-5-12(15)6-4-10/h3-6,8-9H,2,7H2,1H3,(H,16,19). The van der Waals surface area contributed by atoms with Crippen molar-refractivity contribution in [3.63, 3.8) is 0 Å². The molecule has 1 aromatic carbocycles. The number of hydrogen-bond donors (Lipinski definition) is 1. The summed E-state index contributed by atoms with van der Waals surface area (Å²) in [7, 11) is 0. The van der Waals surface area contributed by atoms with Gasteiger partial charge in [-0.2, -0.15) is 0 Å². The van der Waals surface area contributed by atoms with Crippen molar-refractivity contribution in [1.82, 2.24) is 15.3 Å². The van der Waals surface area contributed by atoms with Crippen LogP contribution in [0.3, 0.4) is 0 Å². The Morgan fingerprint density at radius 2 is 1.84 bits per heavy atom. The Balaban J connectivity index is 2.14. The Kier molecular flexibility index (Phi) is 4.18. The number of aromatic nitrogens is 2. The van der Waals surface area contributed by atoms with Crippen LogP contribution in [-0.2, 0) is 0 Å². The molecule has 5 heteroatoms. The fourth-order valence-electron chi connectivity index (χ4n) is 1.53. The molecule has 0 unspecified atom stereocenters. The lowest BCUT2D eigenvalue weighted by Crippen LogP contribution is -2.24. The van der Waals surface area contributed by atoms with Gasteiger partial charge in [-0.25, -0.2) is 14.4 Å². The molecule has 0 saturated carbocycles. The molecule has 0 aliphatic rings. The number of rotatable bonds is 4. The molecule has 2 aromatic rings. The third kappa shape index (κ3) is 3.34. The molecule has 0 spiro atoms. The molecule has 0 bridgehead atoms. The first-order chi connectivity index (χ1) is 9.20. The molecule has 0 aliphatic heterocycles. The predicted molar refractivity (Wildman–Crippen MR) is 70.1 cm³/mol. The SMILES string of the molecule is CCCNC(=O)c1cnc(-c2ccc(F)cc2)nc1. The highest BCUT2D eigenvalue weighted by molar-refractivity contribution is 5.93. The van der Waals surface area contributed by atoms with Crippen molar-refractivity contribution in [3.8, 4) is 11.4 Å². The molecule has 4 nitrogen and oxygen atoms in total. The van der Waals surface area contributed by atoms with Crippen molar-refractivity contribution >= 4 is 5.91 Å². The summed E-state index contributed by atoms with van der Waals surface area (Å²) < 4.78 is 12.8. The van der Waals surface area contributed by atoms with Crippen molar-refractivity contribution in [2.45, 2.75) is 13.3 Å². The maximum atomic E-state index is 12.8. The van der Waals surface area contributed by atoms with E-state index in [0.29, 0.717) is 23.5 Å². The van der Waals surface area contributed by atoms with E-state index in [-0.39, 0.29) is 11.7 Å². The molecular weight excluding hydrogens is 245 g/mol. The molecule has 1 amide bonds. The van der Waals surface area contributed by atoms with Crippen molar-refractivity contribution in [2.75, 3.05) is 6.54 Å². The monoisotopic (exact) mass is 259 g/mol. The number of nitrogens with one attached hydrogen (secondary N) is 1. The van der Waals surface area contributed by atoms with Crippen molar-refractivity contribution in [3.05, 3.63) is 48.0 Å². The molecule has 1 heterocycles. The first-order valence-electron chi connectivity index (χ1n) is 6.07. The first kappa shape index (κ1) is 13.1. The lowest BCUT2D eigenvalue weighted by molar-refractivity contribution is 0.0953. The van der Waals surface area contributed by atoms with Gasteiger partial charge >= 0.3 is 0 Å². The van der Waals surface area contributed by atoms with Gasteiger partial charge in [-0.1, -0.05) is 6.92 Å². The summed E-state index contributed by atoms with van der Waals surface area (Å²) in [4.78, 5) is 19.9. The van der Waals surface area contributed by atoms with E-state index < -0.39 is 0 Å². The summed E-state index contributed by atoms with van der Waals surface area (Å²) in [6, 6.07) is 5.89. The second-order valence-corrected chi connectivity index (χ2v) is 4.06. The summed E-state index contributed by atoms with van der Waals surface area (Å²) in [6.07, 6.45) is 3.81. The average molecular weight is 259 g/mol. The van der Waals surface area contributed by atoms with E-state index in [1.54, 1.807) is 12.1 Å². The van der Waals surface area contributed by atoms with E-state index in [0.717, 1.165) is 6.42 Å². The fraction of sp³-hybridized carbons (Fsp3) is 0.214. The van der Waals surface area contributed by atoms with Crippen LogP contribution in [0.25, 0.3) is 11.4 Å². The Labute approximate surface area is 110 Å². The lowest BCUT2D eigenvalue weighted by Gasteiger charge is -2.04. The van der Waals surface area contributed by atoms with Crippen LogP contribution in [0.4, 0.5) is 4.39 Å². The minimum atomic E-state index is -0.306. The summed E-state index contributed by atoms with van der Waals surface area (Å²) in [6.45, 7) is 2.60. The number of carbonyl (C=O) groups excluding carboxylic acids is 1. The van der Waals surface area contributed by atoms with Gasteiger partial charge in [0.25, 0.3) is 5.91 Å². The number of hydrogen-bond acceptors (Lipinski definition) is 3. The summed E-state index contributed by atoms with van der Waals surface area (Å²) >= 11 is 0. The molecule has 1 N–H and O–H groups in total. The van der Waals surface area contributed by atoms with Crippen LogP contribution in [0.1, 0.15) is 23.7 Å². The number of halogens is 1. The van der Waals surface area contributed by atoms with Gasteiger partial charge in [-0.05, 0) is 30.7 Å². The Hall–Kier alpha value is -2.30.